The van der Waals surface area contributed by atoms with Gasteiger partial charge >= 0.3 is 0 Å². The first kappa shape index (κ1) is 18.6. The van der Waals surface area contributed by atoms with E-state index in [0.717, 1.165) is 16.5 Å². The van der Waals surface area contributed by atoms with Crippen molar-refractivity contribution in [1.29, 1.82) is 0 Å². The number of carbonyl (C=O) groups excluding carboxylic acids is 2. The van der Waals surface area contributed by atoms with E-state index >= 15 is 0 Å². The van der Waals surface area contributed by atoms with E-state index in [0.29, 0.717) is 5.69 Å². The Morgan fingerprint density at radius 1 is 1.15 bits per heavy atom. The molecule has 3 rings (SSSR count). The van der Waals surface area contributed by atoms with Crippen molar-refractivity contribution in [3.63, 3.8) is 0 Å². The highest BCUT2D eigenvalue weighted by Crippen LogP contribution is 2.22. The molecule has 0 spiro atoms. The van der Waals surface area contributed by atoms with Crippen LogP contribution >= 0.6 is 0 Å². The third-order valence-electron chi connectivity index (χ3n) is 4.37. The average molecular weight is 366 g/mol. The van der Waals surface area contributed by atoms with Gasteiger partial charge in [-0.2, -0.15) is 0 Å². The summed E-state index contributed by atoms with van der Waals surface area (Å²) in [7, 11) is 1.72. The molecule has 2 aromatic carbocycles. The summed E-state index contributed by atoms with van der Waals surface area (Å²) in [6.45, 7) is 3.57. The molecule has 2 amide bonds. The number of nitrogens with zero attached hydrogens (tertiary/aromatic N) is 2. The Morgan fingerprint density at radius 2 is 1.89 bits per heavy atom. The van der Waals surface area contributed by atoms with Crippen molar-refractivity contribution >= 4 is 34.2 Å². The van der Waals surface area contributed by atoms with Gasteiger partial charge in [-0.15, -0.1) is 0 Å². The number of benzene rings is 2. The van der Waals surface area contributed by atoms with Crippen molar-refractivity contribution < 1.29 is 14.1 Å². The average Bonchev–Trinajstić information content (AvgIpc) is 3.06. The van der Waals surface area contributed by atoms with E-state index in [1.54, 1.807) is 31.9 Å². The topological polar surface area (TPSA) is 87.5 Å². The van der Waals surface area contributed by atoms with Gasteiger partial charge in [-0.25, -0.2) is 0 Å². The molecule has 0 aliphatic rings. The van der Waals surface area contributed by atoms with Crippen LogP contribution in [0.1, 0.15) is 12.6 Å². The largest absolute Gasteiger partial charge is 0.338 e. The highest BCUT2D eigenvalue weighted by molar-refractivity contribution is 6.03. The zero-order valence-electron chi connectivity index (χ0n) is 15.5. The summed E-state index contributed by atoms with van der Waals surface area (Å²) in [5.74, 6) is -0.173. The monoisotopic (exact) mass is 366 g/mol. The Hall–Kier alpha value is -3.19. The van der Waals surface area contributed by atoms with Crippen molar-refractivity contribution in [2.24, 2.45) is 0 Å². The fourth-order valence-corrected chi connectivity index (χ4v) is 2.74. The number of aromatic nitrogens is 1. The molecular weight excluding hydrogens is 344 g/mol. The summed E-state index contributed by atoms with van der Waals surface area (Å²) >= 11 is 0. The van der Waals surface area contributed by atoms with E-state index in [1.807, 2.05) is 42.5 Å². The van der Waals surface area contributed by atoms with Gasteiger partial charge in [0.1, 0.15) is 0 Å². The quantitative estimate of drug-likeness (QED) is 0.700. The summed E-state index contributed by atoms with van der Waals surface area (Å²) < 4.78 is 4.99. The molecule has 1 atom stereocenters. The lowest BCUT2D eigenvalue weighted by Crippen LogP contribution is -2.43. The van der Waals surface area contributed by atoms with Gasteiger partial charge in [0.05, 0.1) is 18.3 Å². The minimum atomic E-state index is -0.520. The molecule has 0 unspecified atom stereocenters. The zero-order valence-corrected chi connectivity index (χ0v) is 15.5. The number of anilines is 2. The minimum Gasteiger partial charge on any atom is -0.338 e. The van der Waals surface area contributed by atoms with Crippen LogP contribution in [-0.4, -0.2) is 41.5 Å². The second kappa shape index (κ2) is 8.01. The number of hydrogen-bond donors (Lipinski definition) is 2. The smallest absolute Gasteiger partial charge is 0.243 e. The highest BCUT2D eigenvalue weighted by Gasteiger charge is 2.21. The summed E-state index contributed by atoms with van der Waals surface area (Å²) in [6, 6.07) is 14.7. The Morgan fingerprint density at radius 3 is 2.63 bits per heavy atom. The van der Waals surface area contributed by atoms with Crippen LogP contribution in [0.2, 0.25) is 0 Å². The van der Waals surface area contributed by atoms with Gasteiger partial charge in [-0.3, -0.25) is 19.8 Å². The van der Waals surface area contributed by atoms with E-state index < -0.39 is 6.04 Å². The molecule has 1 heterocycles. The van der Waals surface area contributed by atoms with Crippen LogP contribution in [-0.2, 0) is 9.59 Å². The maximum Gasteiger partial charge on any atom is 0.243 e. The maximum atomic E-state index is 12.4. The lowest BCUT2D eigenvalue weighted by Gasteiger charge is -2.22. The van der Waals surface area contributed by atoms with Crippen LogP contribution in [0.5, 0.6) is 0 Å². The van der Waals surface area contributed by atoms with Gasteiger partial charge < -0.3 is 9.84 Å². The zero-order chi connectivity index (χ0) is 19.4. The van der Waals surface area contributed by atoms with Gasteiger partial charge in [0.25, 0.3) is 0 Å². The Kier molecular flexibility index (Phi) is 5.52. The van der Waals surface area contributed by atoms with Crippen molar-refractivity contribution in [2.45, 2.75) is 19.9 Å². The molecule has 0 fully saturated rings. The molecule has 2 N–H and O–H groups in total. The second-order valence-electron chi connectivity index (χ2n) is 6.49. The van der Waals surface area contributed by atoms with E-state index in [-0.39, 0.29) is 24.2 Å². The Balaban J connectivity index is 1.60. The fraction of sp³-hybridized carbons (Fsp3) is 0.250. The van der Waals surface area contributed by atoms with E-state index in [2.05, 4.69) is 15.8 Å². The predicted octanol–water partition coefficient (Wildman–Crippen LogP) is 3.03. The second-order valence-corrected chi connectivity index (χ2v) is 6.49. The van der Waals surface area contributed by atoms with Crippen LogP contribution in [0.15, 0.2) is 53.1 Å². The van der Waals surface area contributed by atoms with Crippen molar-refractivity contribution in [2.75, 3.05) is 24.2 Å². The van der Waals surface area contributed by atoms with Crippen LogP contribution in [0.4, 0.5) is 11.6 Å². The number of fused-ring (bicyclic) bond motifs is 1. The molecule has 0 radical (unpaired) electrons. The number of hydrogen-bond acceptors (Lipinski definition) is 5. The number of amides is 2. The number of likely N-dealkylation sites (N-methyl/N-ethyl adjacent to an activating group) is 1. The molecule has 27 heavy (non-hydrogen) atoms. The van der Waals surface area contributed by atoms with Gasteiger partial charge in [0, 0.05) is 17.1 Å². The minimum absolute atomic E-state index is 0.0766. The molecule has 0 saturated carbocycles. The van der Waals surface area contributed by atoms with Crippen molar-refractivity contribution in [3.05, 3.63) is 54.2 Å². The number of carbonyl (C=O) groups is 2. The van der Waals surface area contributed by atoms with Gasteiger partial charge in [0.2, 0.25) is 17.7 Å². The summed E-state index contributed by atoms with van der Waals surface area (Å²) in [5.41, 5.74) is 1.43. The van der Waals surface area contributed by atoms with Crippen LogP contribution in [0.3, 0.4) is 0 Å². The first-order chi connectivity index (χ1) is 12.9. The lowest BCUT2D eigenvalue weighted by molar-refractivity contribution is -0.122. The lowest BCUT2D eigenvalue weighted by atomic mass is 10.1. The molecule has 0 aliphatic carbocycles. The third kappa shape index (κ3) is 4.51. The molecule has 1 aromatic heterocycles. The van der Waals surface area contributed by atoms with Gasteiger partial charge in [0.15, 0.2) is 0 Å². The number of rotatable bonds is 6. The Labute approximate surface area is 157 Å². The summed E-state index contributed by atoms with van der Waals surface area (Å²) in [5, 5.41) is 11.3. The summed E-state index contributed by atoms with van der Waals surface area (Å²) in [6.07, 6.45) is 0. The first-order valence-electron chi connectivity index (χ1n) is 8.66. The summed E-state index contributed by atoms with van der Waals surface area (Å²) in [4.78, 5) is 26.4. The van der Waals surface area contributed by atoms with Crippen LogP contribution in [0.25, 0.3) is 10.8 Å². The van der Waals surface area contributed by atoms with E-state index in [1.165, 1.54) is 0 Å². The van der Waals surface area contributed by atoms with Crippen molar-refractivity contribution in [1.82, 2.24) is 10.1 Å². The normalized spacial score (nSPS) is 12.1. The standard InChI is InChI=1S/C20H22N4O3/c1-13-11-19(27-23-13)22-20(26)14(2)24(3)12-18(25)21-17-10-6-8-15-7-4-5-9-16(15)17/h4-11,14H,12H2,1-3H3,(H,21,25)(H,22,26)/t14-/m1/s1. The Bertz CT molecular complexity index is 961. The molecule has 7 heteroatoms. The fourth-order valence-electron chi connectivity index (χ4n) is 2.74. The molecule has 7 nitrogen and oxygen atoms in total. The van der Waals surface area contributed by atoms with Crippen molar-refractivity contribution in [3.8, 4) is 0 Å². The third-order valence-corrected chi connectivity index (χ3v) is 4.37. The van der Waals surface area contributed by atoms with E-state index in [9.17, 15) is 9.59 Å². The molecule has 3 aromatic rings. The SMILES string of the molecule is Cc1cc(NC(=O)[C@@H](C)N(C)CC(=O)Nc2cccc3ccccc23)on1. The maximum absolute atomic E-state index is 12.4. The van der Waals surface area contributed by atoms with Gasteiger partial charge in [-0.1, -0.05) is 41.6 Å². The molecule has 0 aliphatic heterocycles. The van der Waals surface area contributed by atoms with E-state index in [4.69, 9.17) is 4.52 Å². The molecular formula is C20H22N4O3. The molecule has 0 saturated heterocycles. The molecule has 0 bridgehead atoms. The highest BCUT2D eigenvalue weighted by atomic mass is 16.5. The number of nitrogens with one attached hydrogen (secondary N) is 2. The van der Waals surface area contributed by atoms with Crippen LogP contribution in [0, 0.1) is 6.92 Å². The molecule has 140 valence electrons. The van der Waals surface area contributed by atoms with Gasteiger partial charge in [-0.05, 0) is 32.3 Å². The number of aryl methyl sites for hydroxylation is 1. The van der Waals surface area contributed by atoms with Crippen LogP contribution < -0.4 is 10.6 Å². The predicted molar refractivity (Wildman–Crippen MR) is 105 cm³/mol. The first-order valence-corrected chi connectivity index (χ1v) is 8.66.